The molecule has 1 fully saturated rings. The minimum absolute atomic E-state index is 0.166. The second kappa shape index (κ2) is 5.04. The lowest BCUT2D eigenvalue weighted by Gasteiger charge is -2.16. The van der Waals surface area contributed by atoms with Gasteiger partial charge in [0.05, 0.1) is 6.10 Å². The van der Waals surface area contributed by atoms with Crippen molar-refractivity contribution in [2.75, 3.05) is 5.75 Å². The molecule has 2 atom stereocenters. The molecule has 2 heteroatoms. The van der Waals surface area contributed by atoms with Crippen LogP contribution in [0.5, 0.6) is 0 Å². The first-order valence-electron chi connectivity index (χ1n) is 5.61. The van der Waals surface area contributed by atoms with E-state index in [2.05, 4.69) is 31.2 Å². The molecule has 0 radical (unpaired) electrons. The summed E-state index contributed by atoms with van der Waals surface area (Å²) in [6.45, 7) is 2.09. The predicted molar refractivity (Wildman–Crippen MR) is 66.4 cm³/mol. The standard InChI is InChI=1S/C13H18OS/c1-10-4-6-11(7-5-10)9-12(14)13-3-2-8-15-13/h4-7,12-14H,2-3,8-9H2,1H3. The van der Waals surface area contributed by atoms with Gasteiger partial charge in [0.1, 0.15) is 0 Å². The lowest BCUT2D eigenvalue weighted by molar-refractivity contribution is 0.170. The summed E-state index contributed by atoms with van der Waals surface area (Å²) in [5, 5.41) is 10.5. The average Bonchev–Trinajstić information content (AvgIpc) is 2.74. The third-order valence-corrected chi connectivity index (χ3v) is 4.46. The van der Waals surface area contributed by atoms with E-state index in [-0.39, 0.29) is 6.10 Å². The molecular weight excluding hydrogens is 204 g/mol. The highest BCUT2D eigenvalue weighted by molar-refractivity contribution is 8.00. The molecular formula is C13H18OS. The third-order valence-electron chi connectivity index (χ3n) is 2.96. The van der Waals surface area contributed by atoms with Gasteiger partial charge in [-0.3, -0.25) is 0 Å². The molecule has 0 aromatic heterocycles. The minimum Gasteiger partial charge on any atom is -0.392 e. The van der Waals surface area contributed by atoms with E-state index in [0.717, 1.165) is 6.42 Å². The van der Waals surface area contributed by atoms with Crippen molar-refractivity contribution in [2.24, 2.45) is 0 Å². The molecule has 2 rings (SSSR count). The fourth-order valence-electron chi connectivity index (χ4n) is 2.00. The van der Waals surface area contributed by atoms with Gasteiger partial charge in [-0.2, -0.15) is 11.8 Å². The van der Waals surface area contributed by atoms with E-state index >= 15 is 0 Å². The number of thioether (sulfide) groups is 1. The van der Waals surface area contributed by atoms with Crippen LogP contribution in [-0.4, -0.2) is 22.2 Å². The molecule has 0 aliphatic carbocycles. The zero-order valence-electron chi connectivity index (χ0n) is 9.15. The number of rotatable bonds is 3. The lowest BCUT2D eigenvalue weighted by Crippen LogP contribution is -2.22. The summed E-state index contributed by atoms with van der Waals surface area (Å²) in [5.41, 5.74) is 2.53. The maximum Gasteiger partial charge on any atom is 0.0699 e. The Morgan fingerprint density at radius 1 is 1.40 bits per heavy atom. The van der Waals surface area contributed by atoms with Crippen molar-refractivity contribution in [1.82, 2.24) is 0 Å². The SMILES string of the molecule is Cc1ccc(CC(O)C2CCCS2)cc1. The van der Waals surface area contributed by atoms with Crippen LogP contribution in [0.1, 0.15) is 24.0 Å². The van der Waals surface area contributed by atoms with Crippen LogP contribution in [0, 0.1) is 6.92 Å². The summed E-state index contributed by atoms with van der Waals surface area (Å²) in [6.07, 6.45) is 3.08. The van der Waals surface area contributed by atoms with Crippen LogP contribution in [-0.2, 0) is 6.42 Å². The van der Waals surface area contributed by atoms with Crippen molar-refractivity contribution >= 4 is 11.8 Å². The van der Waals surface area contributed by atoms with Gasteiger partial charge in [-0.25, -0.2) is 0 Å². The molecule has 1 aromatic carbocycles. The Bertz CT molecular complexity index is 301. The minimum atomic E-state index is -0.166. The Kier molecular flexibility index (Phi) is 3.71. The van der Waals surface area contributed by atoms with E-state index in [0.29, 0.717) is 5.25 Å². The van der Waals surface area contributed by atoms with E-state index in [1.807, 2.05) is 11.8 Å². The molecule has 1 heterocycles. The second-order valence-corrected chi connectivity index (χ2v) is 5.66. The summed E-state index contributed by atoms with van der Waals surface area (Å²) >= 11 is 1.92. The topological polar surface area (TPSA) is 20.2 Å². The van der Waals surface area contributed by atoms with Gasteiger partial charge in [0.15, 0.2) is 0 Å². The fraction of sp³-hybridized carbons (Fsp3) is 0.538. The number of benzene rings is 1. The molecule has 0 saturated carbocycles. The number of aliphatic hydroxyl groups is 1. The Labute approximate surface area is 95.9 Å². The summed E-state index contributed by atoms with van der Waals surface area (Å²) in [7, 11) is 0. The summed E-state index contributed by atoms with van der Waals surface area (Å²) in [4.78, 5) is 0. The molecule has 1 aromatic rings. The first-order valence-corrected chi connectivity index (χ1v) is 6.66. The van der Waals surface area contributed by atoms with Gasteiger partial charge in [0.2, 0.25) is 0 Å². The quantitative estimate of drug-likeness (QED) is 0.848. The predicted octanol–water partition coefficient (Wildman–Crippen LogP) is 2.79. The Morgan fingerprint density at radius 2 is 2.13 bits per heavy atom. The smallest absolute Gasteiger partial charge is 0.0699 e. The van der Waals surface area contributed by atoms with Gasteiger partial charge in [-0.15, -0.1) is 0 Å². The molecule has 1 N–H and O–H groups in total. The molecule has 15 heavy (non-hydrogen) atoms. The van der Waals surface area contributed by atoms with Gasteiger partial charge in [-0.1, -0.05) is 29.8 Å². The van der Waals surface area contributed by atoms with Crippen LogP contribution >= 0.6 is 11.8 Å². The molecule has 0 spiro atoms. The van der Waals surface area contributed by atoms with Crippen LogP contribution < -0.4 is 0 Å². The van der Waals surface area contributed by atoms with Crippen molar-refractivity contribution < 1.29 is 5.11 Å². The number of aryl methyl sites for hydroxylation is 1. The van der Waals surface area contributed by atoms with E-state index in [4.69, 9.17) is 0 Å². The molecule has 1 nitrogen and oxygen atoms in total. The Morgan fingerprint density at radius 3 is 2.73 bits per heavy atom. The molecule has 0 amide bonds. The lowest BCUT2D eigenvalue weighted by atomic mass is 10.0. The summed E-state index contributed by atoms with van der Waals surface area (Å²) < 4.78 is 0. The molecule has 2 unspecified atom stereocenters. The normalized spacial score (nSPS) is 22.9. The van der Waals surface area contributed by atoms with Crippen molar-refractivity contribution in [3.63, 3.8) is 0 Å². The average molecular weight is 222 g/mol. The van der Waals surface area contributed by atoms with E-state index in [1.165, 1.54) is 29.7 Å². The van der Waals surface area contributed by atoms with Gasteiger partial charge in [0, 0.05) is 5.25 Å². The molecule has 1 aliphatic heterocycles. The highest BCUT2D eigenvalue weighted by atomic mass is 32.2. The van der Waals surface area contributed by atoms with Crippen molar-refractivity contribution in [1.29, 1.82) is 0 Å². The second-order valence-electron chi connectivity index (χ2n) is 4.31. The van der Waals surface area contributed by atoms with E-state index < -0.39 is 0 Å². The Hall–Kier alpha value is -0.470. The Balaban J connectivity index is 1.92. The van der Waals surface area contributed by atoms with Crippen molar-refractivity contribution in [3.05, 3.63) is 35.4 Å². The zero-order valence-corrected chi connectivity index (χ0v) is 9.96. The monoisotopic (exact) mass is 222 g/mol. The largest absolute Gasteiger partial charge is 0.392 e. The van der Waals surface area contributed by atoms with E-state index in [1.54, 1.807) is 0 Å². The first kappa shape index (κ1) is 11.0. The number of hydrogen-bond donors (Lipinski definition) is 1. The summed E-state index contributed by atoms with van der Waals surface area (Å²) in [5.74, 6) is 1.22. The van der Waals surface area contributed by atoms with Gasteiger partial charge >= 0.3 is 0 Å². The van der Waals surface area contributed by atoms with Gasteiger partial charge in [-0.05, 0) is 37.5 Å². The highest BCUT2D eigenvalue weighted by Gasteiger charge is 2.23. The molecule has 0 bridgehead atoms. The zero-order chi connectivity index (χ0) is 10.7. The van der Waals surface area contributed by atoms with Crippen LogP contribution in [0.4, 0.5) is 0 Å². The number of hydrogen-bond acceptors (Lipinski definition) is 2. The van der Waals surface area contributed by atoms with Crippen LogP contribution in [0.25, 0.3) is 0 Å². The van der Waals surface area contributed by atoms with Gasteiger partial charge in [0.25, 0.3) is 0 Å². The van der Waals surface area contributed by atoms with Crippen molar-refractivity contribution in [2.45, 2.75) is 37.5 Å². The van der Waals surface area contributed by atoms with Crippen LogP contribution in [0.15, 0.2) is 24.3 Å². The molecule has 1 saturated heterocycles. The summed E-state index contributed by atoms with van der Waals surface area (Å²) in [6, 6.07) is 8.48. The fourth-order valence-corrected chi connectivity index (χ4v) is 3.29. The third kappa shape index (κ3) is 2.99. The first-order chi connectivity index (χ1) is 7.25. The number of aliphatic hydroxyl groups excluding tert-OH is 1. The van der Waals surface area contributed by atoms with Crippen molar-refractivity contribution in [3.8, 4) is 0 Å². The molecule has 1 aliphatic rings. The maximum absolute atomic E-state index is 10.1. The van der Waals surface area contributed by atoms with Crippen LogP contribution in [0.2, 0.25) is 0 Å². The highest BCUT2D eigenvalue weighted by Crippen LogP contribution is 2.30. The van der Waals surface area contributed by atoms with E-state index in [9.17, 15) is 5.11 Å². The molecule has 82 valence electrons. The maximum atomic E-state index is 10.1. The van der Waals surface area contributed by atoms with Crippen LogP contribution in [0.3, 0.4) is 0 Å². The van der Waals surface area contributed by atoms with Gasteiger partial charge < -0.3 is 5.11 Å².